The van der Waals surface area contributed by atoms with Gasteiger partial charge in [-0.2, -0.15) is 0 Å². The molecule has 0 aromatic carbocycles. The van der Waals surface area contributed by atoms with Crippen molar-refractivity contribution in [1.82, 2.24) is 5.32 Å². The van der Waals surface area contributed by atoms with Gasteiger partial charge >= 0.3 is 0 Å². The summed E-state index contributed by atoms with van der Waals surface area (Å²) in [5.74, 6) is 0. The lowest BCUT2D eigenvalue weighted by atomic mass is 10.2. The van der Waals surface area contributed by atoms with E-state index in [9.17, 15) is 9.32 Å². The van der Waals surface area contributed by atoms with Gasteiger partial charge in [-0.1, -0.05) is 13.8 Å². The second-order valence-corrected chi connectivity index (χ2v) is 5.17. The molecule has 0 amide bonds. The molecular formula is C9H21NO2S. The van der Waals surface area contributed by atoms with Gasteiger partial charge in [0.25, 0.3) is 0 Å². The molecule has 13 heavy (non-hydrogen) atoms. The number of hydrogen-bond acceptors (Lipinski definition) is 3. The largest absolute Gasteiger partial charge is 0.392 e. The van der Waals surface area contributed by atoms with Crippen LogP contribution in [-0.2, 0) is 10.8 Å². The fourth-order valence-electron chi connectivity index (χ4n) is 0.884. The van der Waals surface area contributed by atoms with Crippen molar-refractivity contribution in [3.63, 3.8) is 0 Å². The van der Waals surface area contributed by atoms with Crippen molar-refractivity contribution in [2.75, 3.05) is 19.3 Å². The van der Waals surface area contributed by atoms with Crippen LogP contribution in [0.4, 0.5) is 0 Å². The Balaban J connectivity index is 3.30. The molecule has 3 atom stereocenters. The highest BCUT2D eigenvalue weighted by Gasteiger charge is 2.05. The van der Waals surface area contributed by atoms with E-state index in [1.807, 2.05) is 13.8 Å². The molecule has 0 heterocycles. The topological polar surface area (TPSA) is 49.3 Å². The van der Waals surface area contributed by atoms with E-state index in [-0.39, 0.29) is 11.4 Å². The van der Waals surface area contributed by atoms with E-state index >= 15 is 0 Å². The van der Waals surface area contributed by atoms with Crippen molar-refractivity contribution >= 4 is 10.8 Å². The first-order chi connectivity index (χ1) is 6.07. The lowest BCUT2D eigenvalue weighted by Crippen LogP contribution is -2.29. The van der Waals surface area contributed by atoms with Gasteiger partial charge in [0.05, 0.1) is 6.10 Å². The van der Waals surface area contributed by atoms with Gasteiger partial charge < -0.3 is 10.4 Å². The summed E-state index contributed by atoms with van der Waals surface area (Å²) >= 11 is 0. The monoisotopic (exact) mass is 207 g/mol. The Labute approximate surface area is 83.4 Å². The maximum Gasteiger partial charge on any atom is 0.0662 e. The van der Waals surface area contributed by atoms with Crippen LogP contribution in [0.15, 0.2) is 0 Å². The van der Waals surface area contributed by atoms with Crippen LogP contribution in [0.25, 0.3) is 0 Å². The van der Waals surface area contributed by atoms with Crippen molar-refractivity contribution in [2.45, 2.75) is 38.0 Å². The summed E-state index contributed by atoms with van der Waals surface area (Å²) in [6, 6.07) is 0. The van der Waals surface area contributed by atoms with E-state index in [0.29, 0.717) is 6.54 Å². The van der Waals surface area contributed by atoms with Gasteiger partial charge in [0.15, 0.2) is 0 Å². The number of aliphatic hydroxyl groups excluding tert-OH is 1. The second kappa shape index (κ2) is 7.47. The number of rotatable bonds is 7. The molecule has 0 saturated heterocycles. The standard InChI is InChI=1S/C9H21NO2S/c1-4-9(11)7-10-6-5-8(2)13(3)12/h8-11H,4-7H2,1-3H3. The van der Waals surface area contributed by atoms with Gasteiger partial charge in [-0.05, 0) is 19.4 Å². The zero-order chi connectivity index (χ0) is 10.3. The van der Waals surface area contributed by atoms with Crippen LogP contribution in [0.3, 0.4) is 0 Å². The molecular weight excluding hydrogens is 186 g/mol. The predicted molar refractivity (Wildman–Crippen MR) is 57.3 cm³/mol. The fourth-order valence-corrected chi connectivity index (χ4v) is 1.33. The lowest BCUT2D eigenvalue weighted by Gasteiger charge is -2.11. The Morgan fingerprint density at radius 2 is 2.15 bits per heavy atom. The highest BCUT2D eigenvalue weighted by atomic mass is 32.2. The van der Waals surface area contributed by atoms with Crippen molar-refractivity contribution in [2.24, 2.45) is 0 Å². The summed E-state index contributed by atoms with van der Waals surface area (Å²) < 4.78 is 11.0. The Morgan fingerprint density at radius 3 is 2.62 bits per heavy atom. The smallest absolute Gasteiger partial charge is 0.0662 e. The Morgan fingerprint density at radius 1 is 1.54 bits per heavy atom. The van der Waals surface area contributed by atoms with E-state index in [2.05, 4.69) is 5.32 Å². The molecule has 0 radical (unpaired) electrons. The average Bonchev–Trinajstić information content (AvgIpc) is 2.11. The molecule has 2 N–H and O–H groups in total. The van der Waals surface area contributed by atoms with Crippen molar-refractivity contribution < 1.29 is 9.32 Å². The maximum atomic E-state index is 11.0. The summed E-state index contributed by atoms with van der Waals surface area (Å²) in [5.41, 5.74) is 0. The summed E-state index contributed by atoms with van der Waals surface area (Å²) in [7, 11) is -0.729. The van der Waals surface area contributed by atoms with Crippen LogP contribution < -0.4 is 5.32 Å². The quantitative estimate of drug-likeness (QED) is 0.598. The van der Waals surface area contributed by atoms with Gasteiger partial charge in [-0.25, -0.2) is 0 Å². The Hall–Kier alpha value is 0.0700. The predicted octanol–water partition coefficient (Wildman–Crippen LogP) is 0.504. The third kappa shape index (κ3) is 7.16. The van der Waals surface area contributed by atoms with Crippen LogP contribution in [0, 0.1) is 0 Å². The van der Waals surface area contributed by atoms with E-state index in [1.165, 1.54) is 0 Å². The minimum atomic E-state index is -0.729. The number of nitrogens with one attached hydrogen (secondary N) is 1. The first-order valence-electron chi connectivity index (χ1n) is 4.79. The van der Waals surface area contributed by atoms with E-state index in [1.54, 1.807) is 6.26 Å². The molecule has 0 aromatic heterocycles. The molecule has 0 aliphatic heterocycles. The van der Waals surface area contributed by atoms with Crippen LogP contribution in [0.2, 0.25) is 0 Å². The lowest BCUT2D eigenvalue weighted by molar-refractivity contribution is 0.167. The van der Waals surface area contributed by atoms with Crippen molar-refractivity contribution in [3.8, 4) is 0 Å². The molecule has 0 bridgehead atoms. The SMILES string of the molecule is CCC(O)CNCCC(C)S(C)=O. The van der Waals surface area contributed by atoms with Gasteiger partial charge in [-0.15, -0.1) is 0 Å². The van der Waals surface area contributed by atoms with E-state index in [0.717, 1.165) is 19.4 Å². The Kier molecular flexibility index (Phi) is 7.51. The zero-order valence-corrected chi connectivity index (χ0v) is 9.56. The second-order valence-electron chi connectivity index (χ2n) is 3.36. The summed E-state index contributed by atoms with van der Waals surface area (Å²) in [5, 5.41) is 12.6. The molecule has 0 fully saturated rings. The first-order valence-corrected chi connectivity index (χ1v) is 6.41. The first kappa shape index (κ1) is 13.1. The highest BCUT2D eigenvalue weighted by Crippen LogP contribution is 1.97. The van der Waals surface area contributed by atoms with Crippen LogP contribution in [0.5, 0.6) is 0 Å². The third-order valence-electron chi connectivity index (χ3n) is 2.15. The van der Waals surface area contributed by atoms with Crippen molar-refractivity contribution in [3.05, 3.63) is 0 Å². The van der Waals surface area contributed by atoms with E-state index in [4.69, 9.17) is 0 Å². The van der Waals surface area contributed by atoms with Crippen LogP contribution >= 0.6 is 0 Å². The third-order valence-corrected chi connectivity index (χ3v) is 3.51. The minimum absolute atomic E-state index is 0.242. The van der Waals surface area contributed by atoms with Gasteiger partial charge in [-0.3, -0.25) is 4.21 Å². The summed E-state index contributed by atoms with van der Waals surface area (Å²) in [6.07, 6.45) is 3.16. The number of aliphatic hydroxyl groups is 1. The Bertz CT molecular complexity index is 153. The fraction of sp³-hybridized carbons (Fsp3) is 1.00. The van der Waals surface area contributed by atoms with Crippen LogP contribution in [0.1, 0.15) is 26.7 Å². The summed E-state index contributed by atoms with van der Waals surface area (Å²) in [6.45, 7) is 5.40. The van der Waals surface area contributed by atoms with Gasteiger partial charge in [0.2, 0.25) is 0 Å². The molecule has 0 spiro atoms. The van der Waals surface area contributed by atoms with E-state index < -0.39 is 10.8 Å². The molecule has 3 unspecified atom stereocenters. The normalized spacial score (nSPS) is 18.2. The van der Waals surface area contributed by atoms with Crippen LogP contribution in [-0.4, -0.2) is 40.0 Å². The molecule has 0 saturated carbocycles. The molecule has 0 aliphatic carbocycles. The molecule has 80 valence electrons. The molecule has 0 rings (SSSR count). The molecule has 0 aromatic rings. The van der Waals surface area contributed by atoms with Crippen molar-refractivity contribution in [1.29, 1.82) is 0 Å². The summed E-state index contributed by atoms with van der Waals surface area (Å²) in [4.78, 5) is 0. The van der Waals surface area contributed by atoms with Gasteiger partial charge in [0.1, 0.15) is 0 Å². The average molecular weight is 207 g/mol. The highest BCUT2D eigenvalue weighted by molar-refractivity contribution is 7.84. The molecule has 0 aliphatic rings. The van der Waals surface area contributed by atoms with Gasteiger partial charge in [0, 0.05) is 28.9 Å². The zero-order valence-electron chi connectivity index (χ0n) is 8.75. The minimum Gasteiger partial charge on any atom is -0.392 e. The number of hydrogen-bond donors (Lipinski definition) is 2. The maximum absolute atomic E-state index is 11.0. The molecule has 3 nitrogen and oxygen atoms in total. The molecule has 4 heteroatoms.